The molecule has 3 N–H and O–H groups in total. The van der Waals surface area contributed by atoms with Crippen molar-refractivity contribution in [3.63, 3.8) is 0 Å². The second kappa shape index (κ2) is 4.96. The van der Waals surface area contributed by atoms with Gasteiger partial charge < -0.3 is 5.73 Å². The second-order valence-electron chi connectivity index (χ2n) is 3.26. The normalized spacial score (nSPS) is 11.0. The smallest absolute Gasteiger partial charge is 0.242 e. The van der Waals surface area contributed by atoms with Crippen molar-refractivity contribution in [1.29, 1.82) is 5.26 Å². The summed E-state index contributed by atoms with van der Waals surface area (Å²) in [5, 5.41) is 8.63. The maximum atomic E-state index is 11.7. The standard InChI is InChI=1S/C10H13N3O2S/c1-2-5-13-16(14,15)10-4-3-8(7-11)6-9(10)12/h3-4,6,13H,2,5,12H2,1H3. The number of nitrogens with one attached hydrogen (secondary N) is 1. The molecular formula is C10H13N3O2S. The minimum atomic E-state index is -3.56. The van der Waals surface area contributed by atoms with Gasteiger partial charge in [-0.3, -0.25) is 0 Å². The summed E-state index contributed by atoms with van der Waals surface area (Å²) in [4.78, 5) is 0.0138. The Morgan fingerprint density at radius 2 is 2.19 bits per heavy atom. The van der Waals surface area contributed by atoms with Crippen LogP contribution < -0.4 is 10.5 Å². The molecule has 0 unspecified atom stereocenters. The Labute approximate surface area is 94.9 Å². The number of sulfonamides is 1. The molecule has 86 valence electrons. The van der Waals surface area contributed by atoms with E-state index in [1.54, 1.807) is 0 Å². The van der Waals surface area contributed by atoms with E-state index in [1.165, 1.54) is 18.2 Å². The van der Waals surface area contributed by atoms with Gasteiger partial charge in [0.1, 0.15) is 4.90 Å². The van der Waals surface area contributed by atoms with Crippen molar-refractivity contribution in [2.75, 3.05) is 12.3 Å². The molecule has 0 aromatic heterocycles. The van der Waals surface area contributed by atoms with Crippen LogP contribution in [0.3, 0.4) is 0 Å². The molecule has 0 atom stereocenters. The van der Waals surface area contributed by atoms with Crippen LogP contribution >= 0.6 is 0 Å². The Hall–Kier alpha value is -1.58. The van der Waals surface area contributed by atoms with Crippen molar-refractivity contribution >= 4 is 15.7 Å². The Morgan fingerprint density at radius 1 is 1.50 bits per heavy atom. The van der Waals surface area contributed by atoms with E-state index >= 15 is 0 Å². The van der Waals surface area contributed by atoms with Gasteiger partial charge in [0.05, 0.1) is 17.3 Å². The van der Waals surface area contributed by atoms with Crippen molar-refractivity contribution in [2.45, 2.75) is 18.2 Å². The zero-order valence-electron chi connectivity index (χ0n) is 8.90. The summed E-state index contributed by atoms with van der Waals surface area (Å²) in [6, 6.07) is 6.01. The summed E-state index contributed by atoms with van der Waals surface area (Å²) >= 11 is 0. The lowest BCUT2D eigenvalue weighted by molar-refractivity contribution is 0.581. The van der Waals surface area contributed by atoms with Gasteiger partial charge in [-0.2, -0.15) is 5.26 Å². The highest BCUT2D eigenvalue weighted by atomic mass is 32.2. The topological polar surface area (TPSA) is 96.0 Å². The molecule has 0 aliphatic rings. The maximum Gasteiger partial charge on any atom is 0.242 e. The molecular weight excluding hydrogens is 226 g/mol. The third-order valence-corrected chi connectivity index (χ3v) is 3.51. The molecule has 0 fully saturated rings. The lowest BCUT2D eigenvalue weighted by atomic mass is 10.2. The van der Waals surface area contributed by atoms with Crippen LogP contribution in [0.4, 0.5) is 5.69 Å². The van der Waals surface area contributed by atoms with Gasteiger partial charge in [0.15, 0.2) is 0 Å². The summed E-state index contributed by atoms with van der Waals surface area (Å²) in [7, 11) is -3.56. The number of nitrogen functional groups attached to an aromatic ring is 1. The number of hydrogen-bond acceptors (Lipinski definition) is 4. The molecule has 0 aliphatic carbocycles. The van der Waals surface area contributed by atoms with Crippen molar-refractivity contribution in [1.82, 2.24) is 4.72 Å². The van der Waals surface area contributed by atoms with E-state index in [0.717, 1.165) is 0 Å². The van der Waals surface area contributed by atoms with Crippen molar-refractivity contribution in [3.8, 4) is 6.07 Å². The minimum Gasteiger partial charge on any atom is -0.398 e. The third-order valence-electron chi connectivity index (χ3n) is 1.97. The lowest BCUT2D eigenvalue weighted by Crippen LogP contribution is -2.25. The largest absolute Gasteiger partial charge is 0.398 e. The van der Waals surface area contributed by atoms with E-state index in [2.05, 4.69) is 4.72 Å². The first kappa shape index (κ1) is 12.5. The zero-order valence-corrected chi connectivity index (χ0v) is 9.71. The van der Waals surface area contributed by atoms with Crippen LogP contribution in [-0.4, -0.2) is 15.0 Å². The van der Waals surface area contributed by atoms with Crippen molar-refractivity contribution in [3.05, 3.63) is 23.8 Å². The van der Waals surface area contributed by atoms with Crippen LogP contribution in [0.1, 0.15) is 18.9 Å². The van der Waals surface area contributed by atoms with Crippen LogP contribution in [-0.2, 0) is 10.0 Å². The Balaban J connectivity index is 3.10. The van der Waals surface area contributed by atoms with Crippen LogP contribution in [0.25, 0.3) is 0 Å². The first-order valence-corrected chi connectivity index (χ1v) is 6.29. The molecule has 1 rings (SSSR count). The number of hydrogen-bond donors (Lipinski definition) is 2. The molecule has 0 saturated carbocycles. The Kier molecular flexibility index (Phi) is 3.88. The molecule has 16 heavy (non-hydrogen) atoms. The summed E-state index contributed by atoms with van der Waals surface area (Å²) in [5.41, 5.74) is 6.01. The van der Waals surface area contributed by atoms with E-state index in [1.807, 2.05) is 13.0 Å². The number of anilines is 1. The molecule has 0 saturated heterocycles. The molecule has 0 spiro atoms. The van der Waals surface area contributed by atoms with Gasteiger partial charge in [-0.15, -0.1) is 0 Å². The highest BCUT2D eigenvalue weighted by Crippen LogP contribution is 2.19. The number of benzene rings is 1. The number of nitrogens with zero attached hydrogens (tertiary/aromatic N) is 1. The monoisotopic (exact) mass is 239 g/mol. The van der Waals surface area contributed by atoms with Gasteiger partial charge in [-0.25, -0.2) is 13.1 Å². The van der Waals surface area contributed by atoms with Gasteiger partial charge in [-0.05, 0) is 24.6 Å². The first-order valence-electron chi connectivity index (χ1n) is 4.80. The zero-order chi connectivity index (χ0) is 12.2. The summed E-state index contributed by atoms with van der Waals surface area (Å²) < 4.78 is 25.9. The third kappa shape index (κ3) is 2.72. The van der Waals surface area contributed by atoms with Crippen LogP contribution in [0, 0.1) is 11.3 Å². The van der Waals surface area contributed by atoms with Crippen molar-refractivity contribution < 1.29 is 8.42 Å². The lowest BCUT2D eigenvalue weighted by Gasteiger charge is -2.08. The highest BCUT2D eigenvalue weighted by molar-refractivity contribution is 7.89. The van der Waals surface area contributed by atoms with Crippen LogP contribution in [0.15, 0.2) is 23.1 Å². The summed E-state index contributed by atoms with van der Waals surface area (Å²) in [6.07, 6.45) is 0.704. The molecule has 0 bridgehead atoms. The molecule has 6 heteroatoms. The van der Waals surface area contributed by atoms with Crippen molar-refractivity contribution in [2.24, 2.45) is 0 Å². The number of nitrogens with two attached hydrogens (primary N) is 1. The molecule has 1 aromatic rings. The quantitative estimate of drug-likeness (QED) is 0.760. The van der Waals surface area contributed by atoms with Gasteiger partial charge in [0, 0.05) is 6.54 Å². The molecule has 0 aliphatic heterocycles. The molecule has 1 aromatic carbocycles. The van der Waals surface area contributed by atoms with Crippen LogP contribution in [0.5, 0.6) is 0 Å². The van der Waals surface area contributed by atoms with Gasteiger partial charge in [0.2, 0.25) is 10.0 Å². The molecule has 5 nitrogen and oxygen atoms in total. The molecule has 0 amide bonds. The van der Waals surface area contributed by atoms with Crippen LogP contribution in [0.2, 0.25) is 0 Å². The number of nitriles is 1. The van der Waals surface area contributed by atoms with Gasteiger partial charge in [-0.1, -0.05) is 6.92 Å². The predicted octanol–water partition coefficient (Wildman–Crippen LogP) is 0.829. The van der Waals surface area contributed by atoms with E-state index in [4.69, 9.17) is 11.0 Å². The molecule has 0 radical (unpaired) electrons. The SMILES string of the molecule is CCCNS(=O)(=O)c1ccc(C#N)cc1N. The Bertz CT molecular complexity index is 517. The summed E-state index contributed by atoms with van der Waals surface area (Å²) in [6.45, 7) is 2.23. The van der Waals surface area contributed by atoms with E-state index in [-0.39, 0.29) is 10.6 Å². The number of rotatable bonds is 4. The second-order valence-corrected chi connectivity index (χ2v) is 5.00. The highest BCUT2D eigenvalue weighted by Gasteiger charge is 2.16. The van der Waals surface area contributed by atoms with E-state index in [9.17, 15) is 8.42 Å². The summed E-state index contributed by atoms with van der Waals surface area (Å²) in [5.74, 6) is 0. The molecule has 0 heterocycles. The predicted molar refractivity (Wildman–Crippen MR) is 61.0 cm³/mol. The maximum absolute atomic E-state index is 11.7. The van der Waals surface area contributed by atoms with E-state index < -0.39 is 10.0 Å². The average Bonchev–Trinajstić information content (AvgIpc) is 2.25. The fourth-order valence-corrected chi connectivity index (χ4v) is 2.42. The van der Waals surface area contributed by atoms with E-state index in [0.29, 0.717) is 18.5 Å². The average molecular weight is 239 g/mol. The minimum absolute atomic E-state index is 0.0138. The Morgan fingerprint density at radius 3 is 2.69 bits per heavy atom. The fraction of sp³-hybridized carbons (Fsp3) is 0.300. The van der Waals surface area contributed by atoms with Gasteiger partial charge in [0.25, 0.3) is 0 Å². The fourth-order valence-electron chi connectivity index (χ4n) is 1.18. The first-order chi connectivity index (χ1) is 7.51. The van der Waals surface area contributed by atoms with Gasteiger partial charge >= 0.3 is 0 Å².